The number of fused-ring (bicyclic) bond motifs is 1. The molecule has 4 aromatic rings. The maximum atomic E-state index is 11.9. The summed E-state index contributed by atoms with van der Waals surface area (Å²) in [6, 6.07) is 19.1. The molecule has 0 atom stereocenters. The minimum atomic E-state index is -0.217. The minimum Gasteiger partial charge on any atom is -0.354 e. The zero-order chi connectivity index (χ0) is 20.2. The highest BCUT2D eigenvalue weighted by molar-refractivity contribution is 6.30. The first-order valence-electron chi connectivity index (χ1n) is 9.08. The van der Waals surface area contributed by atoms with E-state index in [0.717, 1.165) is 27.7 Å². The maximum Gasteiger partial charge on any atom is 0.269 e. The van der Waals surface area contributed by atoms with Crippen molar-refractivity contribution in [2.45, 2.75) is 6.42 Å². The number of hydrogen-bond acceptors (Lipinski definition) is 5. The Morgan fingerprint density at radius 2 is 1.76 bits per heavy atom. The maximum absolute atomic E-state index is 11.9. The van der Waals surface area contributed by atoms with Gasteiger partial charge >= 0.3 is 0 Å². The molecule has 4 rings (SSSR count). The second-order valence-corrected chi connectivity index (χ2v) is 6.91. The summed E-state index contributed by atoms with van der Waals surface area (Å²) in [7, 11) is 1.59. The van der Waals surface area contributed by atoms with Crippen LogP contribution >= 0.6 is 11.6 Å². The molecular weight excluding hydrogens is 386 g/mol. The van der Waals surface area contributed by atoms with Crippen molar-refractivity contribution in [3.63, 3.8) is 0 Å². The summed E-state index contributed by atoms with van der Waals surface area (Å²) in [6.45, 7) is 0. The molecule has 0 aliphatic rings. The number of amides is 1. The number of halogens is 1. The van der Waals surface area contributed by atoms with E-state index in [1.807, 2.05) is 54.6 Å². The minimum absolute atomic E-state index is 0.217. The molecule has 144 valence electrons. The normalized spacial score (nSPS) is 10.7. The fraction of sp³-hybridized carbons (Fsp3) is 0.0909. The van der Waals surface area contributed by atoms with Gasteiger partial charge in [0.1, 0.15) is 5.69 Å². The Kier molecular flexibility index (Phi) is 5.35. The first kappa shape index (κ1) is 18.8. The zero-order valence-corrected chi connectivity index (χ0v) is 16.4. The molecule has 0 saturated carbocycles. The number of anilines is 2. The molecule has 0 fully saturated rings. The Morgan fingerprint density at radius 3 is 2.52 bits per heavy atom. The molecule has 0 saturated heterocycles. The molecule has 2 aromatic carbocycles. The average molecular weight is 404 g/mol. The van der Waals surface area contributed by atoms with Crippen LogP contribution in [0.3, 0.4) is 0 Å². The molecule has 0 unspecified atom stereocenters. The molecule has 0 aliphatic heterocycles. The van der Waals surface area contributed by atoms with E-state index in [2.05, 4.69) is 25.8 Å². The van der Waals surface area contributed by atoms with Gasteiger partial charge in [0.15, 0.2) is 5.82 Å². The third-order valence-corrected chi connectivity index (χ3v) is 4.78. The van der Waals surface area contributed by atoms with Crippen LogP contribution in [0.5, 0.6) is 0 Å². The first-order valence-corrected chi connectivity index (χ1v) is 9.46. The third-order valence-electron chi connectivity index (χ3n) is 4.53. The SMILES string of the molecule is CNC(=O)c1cc(Cc2nnc(Nc3ccc(Cl)cc3)c3ccccc23)ccn1. The van der Waals surface area contributed by atoms with Crippen LogP contribution in [0.1, 0.15) is 21.7 Å². The van der Waals surface area contributed by atoms with E-state index >= 15 is 0 Å². The molecule has 7 heteroatoms. The predicted molar refractivity (Wildman–Crippen MR) is 115 cm³/mol. The Morgan fingerprint density at radius 1 is 1.00 bits per heavy atom. The van der Waals surface area contributed by atoms with Crippen molar-refractivity contribution < 1.29 is 4.79 Å². The van der Waals surface area contributed by atoms with Crippen LogP contribution in [0, 0.1) is 0 Å². The summed E-state index contributed by atoms with van der Waals surface area (Å²) in [5.74, 6) is 0.456. The number of benzene rings is 2. The Hall–Kier alpha value is -3.51. The van der Waals surface area contributed by atoms with E-state index in [4.69, 9.17) is 11.6 Å². The zero-order valence-electron chi connectivity index (χ0n) is 15.7. The third kappa shape index (κ3) is 4.17. The number of aromatic nitrogens is 3. The van der Waals surface area contributed by atoms with Crippen molar-refractivity contribution in [3.05, 3.63) is 88.8 Å². The lowest BCUT2D eigenvalue weighted by Gasteiger charge is -2.11. The smallest absolute Gasteiger partial charge is 0.269 e. The summed E-state index contributed by atoms with van der Waals surface area (Å²) in [4.78, 5) is 16.0. The van der Waals surface area contributed by atoms with Crippen LogP contribution < -0.4 is 10.6 Å². The Labute approximate surface area is 173 Å². The van der Waals surface area contributed by atoms with Crippen molar-refractivity contribution in [1.29, 1.82) is 0 Å². The molecule has 1 amide bonds. The fourth-order valence-electron chi connectivity index (χ4n) is 3.08. The van der Waals surface area contributed by atoms with Crippen LogP contribution in [-0.2, 0) is 6.42 Å². The largest absolute Gasteiger partial charge is 0.354 e. The molecule has 0 bridgehead atoms. The number of nitrogens with one attached hydrogen (secondary N) is 2. The number of carbonyl (C=O) groups excluding carboxylic acids is 1. The van der Waals surface area contributed by atoms with Gasteiger partial charge in [-0.25, -0.2) is 0 Å². The van der Waals surface area contributed by atoms with Crippen molar-refractivity contribution in [2.75, 3.05) is 12.4 Å². The Balaban J connectivity index is 1.68. The number of carbonyl (C=O) groups is 1. The lowest BCUT2D eigenvalue weighted by Crippen LogP contribution is -2.19. The molecule has 2 heterocycles. The van der Waals surface area contributed by atoms with Gasteiger partial charge in [-0.15, -0.1) is 5.10 Å². The lowest BCUT2D eigenvalue weighted by atomic mass is 10.0. The van der Waals surface area contributed by atoms with E-state index in [1.54, 1.807) is 19.3 Å². The highest BCUT2D eigenvalue weighted by Crippen LogP contribution is 2.27. The summed E-state index contributed by atoms with van der Waals surface area (Å²) in [5.41, 5.74) is 3.03. The van der Waals surface area contributed by atoms with Crippen molar-refractivity contribution in [1.82, 2.24) is 20.5 Å². The van der Waals surface area contributed by atoms with Gasteiger partial charge in [0.2, 0.25) is 0 Å². The molecule has 29 heavy (non-hydrogen) atoms. The molecule has 2 aromatic heterocycles. The van der Waals surface area contributed by atoms with E-state index in [-0.39, 0.29) is 5.91 Å². The van der Waals surface area contributed by atoms with Gasteiger partial charge in [0, 0.05) is 41.1 Å². The topological polar surface area (TPSA) is 79.8 Å². The molecular formula is C22H18ClN5O. The van der Waals surface area contributed by atoms with Gasteiger partial charge in [0.25, 0.3) is 5.91 Å². The second-order valence-electron chi connectivity index (χ2n) is 6.48. The monoisotopic (exact) mass is 403 g/mol. The number of hydrogen-bond donors (Lipinski definition) is 2. The van der Waals surface area contributed by atoms with Gasteiger partial charge in [0.05, 0.1) is 5.69 Å². The van der Waals surface area contributed by atoms with Gasteiger partial charge in [-0.3, -0.25) is 9.78 Å². The van der Waals surface area contributed by atoms with Gasteiger partial charge < -0.3 is 10.6 Å². The lowest BCUT2D eigenvalue weighted by molar-refractivity contribution is 0.0958. The molecule has 2 N–H and O–H groups in total. The summed E-state index contributed by atoms with van der Waals surface area (Å²) < 4.78 is 0. The summed E-state index contributed by atoms with van der Waals surface area (Å²) >= 11 is 5.96. The van der Waals surface area contributed by atoms with E-state index in [0.29, 0.717) is 23.0 Å². The van der Waals surface area contributed by atoms with Crippen molar-refractivity contribution in [3.8, 4) is 0 Å². The second kappa shape index (κ2) is 8.24. The van der Waals surface area contributed by atoms with Gasteiger partial charge in [-0.2, -0.15) is 5.10 Å². The molecule has 0 aliphatic carbocycles. The number of nitrogens with zero attached hydrogens (tertiary/aromatic N) is 3. The first-order chi connectivity index (χ1) is 14.1. The van der Waals surface area contributed by atoms with Crippen LogP contribution in [0.4, 0.5) is 11.5 Å². The van der Waals surface area contributed by atoms with Crippen LogP contribution in [-0.4, -0.2) is 28.1 Å². The molecule has 6 nitrogen and oxygen atoms in total. The Bertz CT molecular complexity index is 1180. The van der Waals surface area contributed by atoms with E-state index < -0.39 is 0 Å². The van der Waals surface area contributed by atoms with Crippen LogP contribution in [0.2, 0.25) is 5.02 Å². The summed E-state index contributed by atoms with van der Waals surface area (Å²) in [6.07, 6.45) is 2.17. The average Bonchev–Trinajstić information content (AvgIpc) is 2.76. The van der Waals surface area contributed by atoms with E-state index in [9.17, 15) is 4.79 Å². The van der Waals surface area contributed by atoms with Crippen LogP contribution in [0.15, 0.2) is 66.9 Å². The highest BCUT2D eigenvalue weighted by atomic mass is 35.5. The quantitative estimate of drug-likeness (QED) is 0.517. The fourth-order valence-corrected chi connectivity index (χ4v) is 3.21. The predicted octanol–water partition coefficient (Wildman–Crippen LogP) is 4.37. The summed E-state index contributed by atoms with van der Waals surface area (Å²) in [5, 5.41) is 17.4. The van der Waals surface area contributed by atoms with Crippen molar-refractivity contribution >= 4 is 39.8 Å². The number of pyridine rings is 1. The standard InChI is InChI=1S/C22H18ClN5O/c1-24-22(29)20-13-14(10-11-25-20)12-19-17-4-2-3-5-18(17)21(28-27-19)26-16-8-6-15(23)7-9-16/h2-11,13H,12H2,1H3,(H,24,29)(H,26,28). The van der Waals surface area contributed by atoms with Crippen LogP contribution in [0.25, 0.3) is 10.8 Å². The molecule has 0 spiro atoms. The highest BCUT2D eigenvalue weighted by Gasteiger charge is 2.12. The van der Waals surface area contributed by atoms with Gasteiger partial charge in [-0.05, 0) is 42.0 Å². The number of rotatable bonds is 5. The van der Waals surface area contributed by atoms with E-state index in [1.165, 1.54) is 0 Å². The molecule has 0 radical (unpaired) electrons. The van der Waals surface area contributed by atoms with Gasteiger partial charge in [-0.1, -0.05) is 35.9 Å². The van der Waals surface area contributed by atoms with Crippen molar-refractivity contribution in [2.24, 2.45) is 0 Å².